The molecule has 7 nitrogen and oxygen atoms in total. The number of aromatic nitrogens is 2. The molecule has 1 aromatic heterocycles. The first-order chi connectivity index (χ1) is 10.0. The van der Waals surface area contributed by atoms with E-state index in [-0.39, 0.29) is 10.0 Å². The fourth-order valence-electron chi connectivity index (χ4n) is 1.50. The average molecular weight is 328 g/mol. The average Bonchev–Trinajstić information content (AvgIpc) is 2.84. The van der Waals surface area contributed by atoms with Crippen LogP contribution in [0.2, 0.25) is 0 Å². The lowest BCUT2D eigenvalue weighted by Gasteiger charge is -2.07. The zero-order chi connectivity index (χ0) is 15.3. The standard InChI is InChI=1S/C12H16N4O3S2/c1-9-14-15-12(20-9)16-21(17,18)11-5-3-10(4-6-11)19-8-2-7-13/h3-6H,2,7-8,13H2,1H3,(H,15,16). The molecule has 1 heterocycles. The van der Waals surface area contributed by atoms with Crippen molar-refractivity contribution in [1.82, 2.24) is 10.2 Å². The molecule has 0 radical (unpaired) electrons. The summed E-state index contributed by atoms with van der Waals surface area (Å²) in [6.45, 7) is 2.81. The molecule has 0 unspecified atom stereocenters. The highest BCUT2D eigenvalue weighted by molar-refractivity contribution is 7.93. The number of hydrogen-bond acceptors (Lipinski definition) is 7. The molecule has 1 aromatic carbocycles. The first-order valence-corrected chi connectivity index (χ1v) is 8.57. The highest BCUT2D eigenvalue weighted by Gasteiger charge is 2.16. The Balaban J connectivity index is 2.06. The van der Waals surface area contributed by atoms with Crippen LogP contribution in [0.4, 0.5) is 5.13 Å². The van der Waals surface area contributed by atoms with Gasteiger partial charge in [0.05, 0.1) is 11.5 Å². The van der Waals surface area contributed by atoms with E-state index in [0.717, 1.165) is 6.42 Å². The molecule has 0 aliphatic rings. The predicted octanol–water partition coefficient (Wildman–Crippen LogP) is 1.37. The Bertz CT molecular complexity index is 683. The highest BCUT2D eigenvalue weighted by Crippen LogP contribution is 2.21. The van der Waals surface area contributed by atoms with E-state index >= 15 is 0 Å². The number of rotatable bonds is 7. The number of ether oxygens (including phenoxy) is 1. The lowest BCUT2D eigenvalue weighted by Crippen LogP contribution is -2.12. The summed E-state index contributed by atoms with van der Waals surface area (Å²) < 4.78 is 32.1. The zero-order valence-electron chi connectivity index (χ0n) is 11.4. The van der Waals surface area contributed by atoms with E-state index in [9.17, 15) is 8.42 Å². The van der Waals surface area contributed by atoms with E-state index in [2.05, 4.69) is 14.9 Å². The van der Waals surface area contributed by atoms with E-state index in [1.54, 1.807) is 19.1 Å². The van der Waals surface area contributed by atoms with Gasteiger partial charge in [0.25, 0.3) is 10.0 Å². The molecule has 0 fully saturated rings. The Kier molecular flexibility index (Phi) is 5.10. The second kappa shape index (κ2) is 6.83. The number of sulfonamides is 1. The largest absolute Gasteiger partial charge is 0.494 e. The van der Waals surface area contributed by atoms with Crippen molar-refractivity contribution in [3.63, 3.8) is 0 Å². The van der Waals surface area contributed by atoms with Crippen LogP contribution in [-0.4, -0.2) is 31.8 Å². The van der Waals surface area contributed by atoms with Crippen molar-refractivity contribution in [2.45, 2.75) is 18.2 Å². The summed E-state index contributed by atoms with van der Waals surface area (Å²) in [5.74, 6) is 0.606. The van der Waals surface area contributed by atoms with Crippen LogP contribution in [0.3, 0.4) is 0 Å². The normalized spacial score (nSPS) is 11.3. The lowest BCUT2D eigenvalue weighted by molar-refractivity contribution is 0.313. The summed E-state index contributed by atoms with van der Waals surface area (Å²) in [7, 11) is -3.66. The number of benzene rings is 1. The summed E-state index contributed by atoms with van der Waals surface area (Å²) in [6, 6.07) is 6.18. The monoisotopic (exact) mass is 328 g/mol. The molecule has 0 spiro atoms. The van der Waals surface area contributed by atoms with Crippen LogP contribution in [0, 0.1) is 6.92 Å². The van der Waals surface area contributed by atoms with Gasteiger partial charge in [-0.2, -0.15) is 0 Å². The van der Waals surface area contributed by atoms with Gasteiger partial charge in [0.2, 0.25) is 5.13 Å². The van der Waals surface area contributed by atoms with Gasteiger partial charge < -0.3 is 10.5 Å². The van der Waals surface area contributed by atoms with Crippen LogP contribution in [-0.2, 0) is 10.0 Å². The van der Waals surface area contributed by atoms with Crippen LogP contribution < -0.4 is 15.2 Å². The fraction of sp³-hybridized carbons (Fsp3) is 0.333. The lowest BCUT2D eigenvalue weighted by atomic mass is 10.3. The molecule has 9 heteroatoms. The molecule has 0 saturated heterocycles. The third-order valence-corrected chi connectivity index (χ3v) is 4.74. The highest BCUT2D eigenvalue weighted by atomic mass is 32.2. The van der Waals surface area contributed by atoms with Gasteiger partial charge in [0, 0.05) is 0 Å². The van der Waals surface area contributed by atoms with E-state index < -0.39 is 10.0 Å². The van der Waals surface area contributed by atoms with Crippen molar-refractivity contribution < 1.29 is 13.2 Å². The van der Waals surface area contributed by atoms with Gasteiger partial charge in [0.15, 0.2) is 0 Å². The number of nitrogens with two attached hydrogens (primary N) is 1. The Morgan fingerprint density at radius 3 is 2.57 bits per heavy atom. The van der Waals surface area contributed by atoms with Gasteiger partial charge in [-0.1, -0.05) is 11.3 Å². The van der Waals surface area contributed by atoms with Gasteiger partial charge in [-0.05, 0) is 44.2 Å². The first kappa shape index (κ1) is 15.7. The third-order valence-electron chi connectivity index (χ3n) is 2.50. The first-order valence-electron chi connectivity index (χ1n) is 6.27. The molecule has 2 aromatic rings. The smallest absolute Gasteiger partial charge is 0.263 e. The van der Waals surface area contributed by atoms with E-state index in [4.69, 9.17) is 10.5 Å². The molecule has 0 amide bonds. The molecular formula is C12H16N4O3S2. The van der Waals surface area contributed by atoms with Gasteiger partial charge in [-0.15, -0.1) is 10.2 Å². The molecule has 0 atom stereocenters. The van der Waals surface area contributed by atoms with Gasteiger partial charge in [0.1, 0.15) is 10.8 Å². The number of anilines is 1. The molecule has 0 bridgehead atoms. The van der Waals surface area contributed by atoms with Crippen LogP contribution in [0.15, 0.2) is 29.2 Å². The summed E-state index contributed by atoms with van der Waals surface area (Å²) >= 11 is 1.18. The van der Waals surface area contributed by atoms with Gasteiger partial charge >= 0.3 is 0 Å². The molecule has 2 rings (SSSR count). The van der Waals surface area contributed by atoms with E-state index in [1.807, 2.05) is 0 Å². The predicted molar refractivity (Wildman–Crippen MR) is 81.1 cm³/mol. The number of hydrogen-bond donors (Lipinski definition) is 2. The Morgan fingerprint density at radius 2 is 2.00 bits per heavy atom. The number of nitrogens with one attached hydrogen (secondary N) is 1. The van der Waals surface area contributed by atoms with Gasteiger partial charge in [-0.3, -0.25) is 4.72 Å². The van der Waals surface area contributed by atoms with Crippen molar-refractivity contribution >= 4 is 26.5 Å². The third kappa shape index (κ3) is 4.38. The Labute approximate surface area is 127 Å². The van der Waals surface area contributed by atoms with Crippen molar-refractivity contribution in [1.29, 1.82) is 0 Å². The van der Waals surface area contributed by atoms with E-state index in [1.165, 1.54) is 23.5 Å². The van der Waals surface area contributed by atoms with Crippen molar-refractivity contribution in [3.8, 4) is 5.75 Å². The molecular weight excluding hydrogens is 312 g/mol. The molecule has 21 heavy (non-hydrogen) atoms. The maximum Gasteiger partial charge on any atom is 0.263 e. The van der Waals surface area contributed by atoms with Gasteiger partial charge in [-0.25, -0.2) is 8.42 Å². The molecule has 114 valence electrons. The maximum atomic E-state index is 12.2. The Morgan fingerprint density at radius 1 is 1.29 bits per heavy atom. The minimum Gasteiger partial charge on any atom is -0.494 e. The second-order valence-electron chi connectivity index (χ2n) is 4.19. The summed E-state index contributed by atoms with van der Waals surface area (Å²) in [6.07, 6.45) is 0.748. The maximum absolute atomic E-state index is 12.2. The van der Waals surface area contributed by atoms with Crippen LogP contribution in [0.1, 0.15) is 11.4 Å². The zero-order valence-corrected chi connectivity index (χ0v) is 13.1. The number of aryl methyl sites for hydroxylation is 1. The van der Waals surface area contributed by atoms with Crippen molar-refractivity contribution in [2.75, 3.05) is 17.9 Å². The summed E-state index contributed by atoms with van der Waals surface area (Å²) in [5.41, 5.74) is 5.37. The van der Waals surface area contributed by atoms with Crippen LogP contribution in [0.25, 0.3) is 0 Å². The van der Waals surface area contributed by atoms with Crippen LogP contribution >= 0.6 is 11.3 Å². The van der Waals surface area contributed by atoms with Crippen LogP contribution in [0.5, 0.6) is 5.75 Å². The quantitative estimate of drug-likeness (QED) is 0.743. The van der Waals surface area contributed by atoms with Crippen molar-refractivity contribution in [2.24, 2.45) is 5.73 Å². The SMILES string of the molecule is Cc1nnc(NS(=O)(=O)c2ccc(OCCCN)cc2)s1. The molecule has 0 aliphatic heterocycles. The topological polar surface area (TPSA) is 107 Å². The molecule has 3 N–H and O–H groups in total. The second-order valence-corrected chi connectivity index (χ2v) is 7.06. The van der Waals surface area contributed by atoms with Crippen molar-refractivity contribution in [3.05, 3.63) is 29.3 Å². The fourth-order valence-corrected chi connectivity index (χ4v) is 3.32. The Hall–Kier alpha value is -1.71. The molecule has 0 saturated carbocycles. The van der Waals surface area contributed by atoms with E-state index in [0.29, 0.717) is 23.9 Å². The minimum atomic E-state index is -3.66. The number of nitrogens with zero attached hydrogens (tertiary/aromatic N) is 2. The summed E-state index contributed by atoms with van der Waals surface area (Å²) in [4.78, 5) is 0.140. The molecule has 0 aliphatic carbocycles. The minimum absolute atomic E-state index is 0.140. The summed E-state index contributed by atoms with van der Waals surface area (Å²) in [5, 5.41) is 8.43.